The monoisotopic (exact) mass is 519 g/mol. The Morgan fingerprint density at radius 1 is 1.17 bits per heavy atom. The Morgan fingerprint density at radius 2 is 1.86 bits per heavy atom. The van der Waals surface area contributed by atoms with E-state index in [1.54, 1.807) is 0 Å². The lowest BCUT2D eigenvalue weighted by Gasteiger charge is -2.34. The SMILES string of the molecule is CC(C)(C)OC(=O)NC1CCN(c2cc(OCCN3CCOCC3)c3c(N)c(C(N)=O)sc3c2)CC1. The number of nitrogen functional groups attached to an aromatic ring is 1. The number of carbonyl (C=O) groups is 2. The van der Waals surface area contributed by atoms with E-state index in [4.69, 9.17) is 25.7 Å². The molecule has 5 N–H and O–H groups in total. The molecule has 4 rings (SSSR count). The topological polar surface area (TPSA) is 132 Å². The first-order valence-electron chi connectivity index (χ1n) is 12.4. The van der Waals surface area contributed by atoms with E-state index in [9.17, 15) is 9.59 Å². The summed E-state index contributed by atoms with van der Waals surface area (Å²) in [6, 6.07) is 4.10. The van der Waals surface area contributed by atoms with Crippen LogP contribution in [0.25, 0.3) is 10.1 Å². The minimum Gasteiger partial charge on any atom is -0.491 e. The molecule has 36 heavy (non-hydrogen) atoms. The maximum atomic E-state index is 12.2. The molecular weight excluding hydrogens is 482 g/mol. The summed E-state index contributed by atoms with van der Waals surface area (Å²) < 4.78 is 17.9. The van der Waals surface area contributed by atoms with E-state index in [1.165, 1.54) is 11.3 Å². The van der Waals surface area contributed by atoms with Crippen LogP contribution >= 0.6 is 11.3 Å². The third kappa shape index (κ3) is 6.51. The fourth-order valence-corrected chi connectivity index (χ4v) is 5.57. The number of nitrogens with two attached hydrogens (primary N) is 2. The number of carbonyl (C=O) groups excluding carboxylic acids is 2. The minimum absolute atomic E-state index is 0.0583. The summed E-state index contributed by atoms with van der Waals surface area (Å²) in [7, 11) is 0. The molecule has 0 bridgehead atoms. The number of benzene rings is 1. The highest BCUT2D eigenvalue weighted by Gasteiger charge is 2.26. The van der Waals surface area contributed by atoms with Crippen LogP contribution in [0.2, 0.25) is 0 Å². The first-order valence-corrected chi connectivity index (χ1v) is 13.3. The quantitative estimate of drug-likeness (QED) is 0.509. The summed E-state index contributed by atoms with van der Waals surface area (Å²) in [4.78, 5) is 29.0. The molecule has 0 radical (unpaired) electrons. The number of rotatable bonds is 7. The van der Waals surface area contributed by atoms with E-state index in [0.717, 1.165) is 74.6 Å². The molecular formula is C25H37N5O5S. The summed E-state index contributed by atoms with van der Waals surface area (Å²) in [6.45, 7) is 11.6. The molecule has 11 heteroatoms. The van der Waals surface area contributed by atoms with Gasteiger partial charge in [0.05, 0.1) is 24.3 Å². The summed E-state index contributed by atoms with van der Waals surface area (Å²) in [5, 5.41) is 3.72. The minimum atomic E-state index is -0.538. The fourth-order valence-electron chi connectivity index (χ4n) is 4.55. The molecule has 1 aromatic heterocycles. The molecule has 2 saturated heterocycles. The van der Waals surface area contributed by atoms with Gasteiger partial charge in [-0.3, -0.25) is 9.69 Å². The van der Waals surface area contributed by atoms with Gasteiger partial charge in [-0.2, -0.15) is 0 Å². The predicted molar refractivity (Wildman–Crippen MR) is 142 cm³/mol. The molecule has 0 aliphatic carbocycles. The number of nitrogens with zero attached hydrogens (tertiary/aromatic N) is 2. The molecule has 0 unspecified atom stereocenters. The largest absolute Gasteiger partial charge is 0.491 e. The summed E-state index contributed by atoms with van der Waals surface area (Å²) >= 11 is 1.29. The average Bonchev–Trinajstić information content (AvgIpc) is 3.16. The first-order chi connectivity index (χ1) is 17.1. The van der Waals surface area contributed by atoms with Crippen molar-refractivity contribution in [2.75, 3.05) is 63.2 Å². The summed E-state index contributed by atoms with van der Waals surface area (Å²) in [5.74, 6) is 0.120. The van der Waals surface area contributed by atoms with E-state index in [2.05, 4.69) is 15.1 Å². The van der Waals surface area contributed by atoms with Crippen LogP contribution in [0.15, 0.2) is 12.1 Å². The number of alkyl carbamates (subject to hydrolysis) is 1. The first kappa shape index (κ1) is 26.3. The number of morpholine rings is 1. The maximum absolute atomic E-state index is 12.2. The molecule has 2 aliphatic rings. The molecule has 1 aromatic carbocycles. The van der Waals surface area contributed by atoms with Crippen LogP contribution in [0.3, 0.4) is 0 Å². The molecule has 0 spiro atoms. The maximum Gasteiger partial charge on any atom is 0.407 e. The third-order valence-corrected chi connectivity index (χ3v) is 7.52. The number of primary amides is 1. The normalized spacial score (nSPS) is 17.8. The molecule has 0 atom stereocenters. The second-order valence-electron chi connectivity index (χ2n) is 10.2. The Kier molecular flexibility index (Phi) is 8.11. The second-order valence-corrected chi connectivity index (χ2v) is 11.3. The number of hydrogen-bond acceptors (Lipinski definition) is 9. The molecule has 2 aliphatic heterocycles. The van der Waals surface area contributed by atoms with Gasteiger partial charge in [-0.1, -0.05) is 0 Å². The van der Waals surface area contributed by atoms with Gasteiger partial charge in [-0.05, 0) is 39.7 Å². The average molecular weight is 520 g/mol. The number of nitrogens with one attached hydrogen (secondary N) is 1. The smallest absolute Gasteiger partial charge is 0.407 e. The van der Waals surface area contributed by atoms with E-state index in [0.29, 0.717) is 22.9 Å². The van der Waals surface area contributed by atoms with Gasteiger partial charge in [0.1, 0.15) is 22.8 Å². The highest BCUT2D eigenvalue weighted by Crippen LogP contribution is 2.42. The van der Waals surface area contributed by atoms with Gasteiger partial charge < -0.3 is 35.9 Å². The van der Waals surface area contributed by atoms with Gasteiger partial charge in [-0.25, -0.2) is 4.79 Å². The van der Waals surface area contributed by atoms with E-state index in [-0.39, 0.29) is 12.1 Å². The van der Waals surface area contributed by atoms with Crippen molar-refractivity contribution >= 4 is 44.8 Å². The van der Waals surface area contributed by atoms with Crippen molar-refractivity contribution in [1.82, 2.24) is 10.2 Å². The number of anilines is 2. The van der Waals surface area contributed by atoms with Crippen molar-refractivity contribution in [1.29, 1.82) is 0 Å². The zero-order valence-electron chi connectivity index (χ0n) is 21.3. The Morgan fingerprint density at radius 3 is 2.50 bits per heavy atom. The van der Waals surface area contributed by atoms with Gasteiger partial charge in [0.25, 0.3) is 5.91 Å². The van der Waals surface area contributed by atoms with Gasteiger partial charge >= 0.3 is 6.09 Å². The molecule has 10 nitrogen and oxygen atoms in total. The van der Waals surface area contributed by atoms with Gasteiger partial charge in [0.15, 0.2) is 0 Å². The Labute approximate surface area is 215 Å². The van der Waals surface area contributed by atoms with Gasteiger partial charge in [-0.15, -0.1) is 11.3 Å². The zero-order chi connectivity index (χ0) is 25.9. The summed E-state index contributed by atoms with van der Waals surface area (Å²) in [5.41, 5.74) is 12.8. The van der Waals surface area contributed by atoms with Gasteiger partial charge in [0, 0.05) is 55.2 Å². The van der Waals surface area contributed by atoms with Crippen LogP contribution in [0.5, 0.6) is 5.75 Å². The predicted octanol–water partition coefficient (Wildman–Crippen LogP) is 2.79. The number of piperidine rings is 1. The lowest BCUT2D eigenvalue weighted by Crippen LogP contribution is -2.46. The van der Waals surface area contributed by atoms with Crippen molar-refractivity contribution in [3.05, 3.63) is 17.0 Å². The van der Waals surface area contributed by atoms with Crippen LogP contribution < -0.4 is 26.4 Å². The number of ether oxygens (including phenoxy) is 3. The lowest BCUT2D eigenvalue weighted by molar-refractivity contribution is 0.0323. The van der Waals surface area contributed by atoms with Crippen molar-refractivity contribution < 1.29 is 23.8 Å². The third-order valence-electron chi connectivity index (χ3n) is 6.35. The van der Waals surface area contributed by atoms with E-state index in [1.807, 2.05) is 32.9 Å². The van der Waals surface area contributed by atoms with Crippen LogP contribution in [0.4, 0.5) is 16.2 Å². The van der Waals surface area contributed by atoms with Crippen LogP contribution in [0.1, 0.15) is 43.3 Å². The van der Waals surface area contributed by atoms with Crippen LogP contribution in [-0.2, 0) is 9.47 Å². The number of fused-ring (bicyclic) bond motifs is 1. The highest BCUT2D eigenvalue weighted by atomic mass is 32.1. The fraction of sp³-hybridized carbons (Fsp3) is 0.600. The lowest BCUT2D eigenvalue weighted by atomic mass is 10.0. The van der Waals surface area contributed by atoms with Crippen molar-refractivity contribution in [2.24, 2.45) is 5.73 Å². The standard InChI is InChI=1S/C25H37N5O5S/c1-25(2,3)35-24(32)28-16-4-6-30(7-5-16)17-14-18(34-13-10-29-8-11-33-12-9-29)20-19(15-17)36-22(21(20)26)23(27)31/h14-16H,4-13,26H2,1-3H3,(H2,27,31)(H,28,32). The molecule has 0 saturated carbocycles. The van der Waals surface area contributed by atoms with Gasteiger partial charge in [0.2, 0.25) is 0 Å². The highest BCUT2D eigenvalue weighted by molar-refractivity contribution is 7.21. The number of amides is 2. The van der Waals surface area contributed by atoms with Crippen molar-refractivity contribution in [3.63, 3.8) is 0 Å². The Hall–Kier alpha value is -2.76. The molecule has 2 aromatic rings. The van der Waals surface area contributed by atoms with E-state index < -0.39 is 11.5 Å². The molecule has 2 fully saturated rings. The van der Waals surface area contributed by atoms with Crippen molar-refractivity contribution in [3.8, 4) is 5.75 Å². The van der Waals surface area contributed by atoms with Crippen molar-refractivity contribution in [2.45, 2.75) is 45.3 Å². The van der Waals surface area contributed by atoms with E-state index >= 15 is 0 Å². The van der Waals surface area contributed by atoms with Crippen LogP contribution in [-0.4, -0.2) is 81.1 Å². The number of hydrogen-bond donors (Lipinski definition) is 3. The zero-order valence-corrected chi connectivity index (χ0v) is 22.1. The van der Waals surface area contributed by atoms with Crippen LogP contribution in [0, 0.1) is 0 Å². The summed E-state index contributed by atoms with van der Waals surface area (Å²) in [6.07, 6.45) is 1.21. The number of thiophene rings is 1. The Bertz CT molecular complexity index is 1080. The molecule has 2 amide bonds. The second kappa shape index (κ2) is 11.1. The Balaban J connectivity index is 1.47. The molecule has 198 valence electrons. The molecule has 3 heterocycles.